The average molecular weight is 595 g/mol. The molecule has 0 saturated carbocycles. The van der Waals surface area contributed by atoms with Crippen molar-refractivity contribution in [2.24, 2.45) is 0 Å². The molecule has 1 aromatic heterocycles. The molecule has 13 heteroatoms. The first-order valence-electron chi connectivity index (χ1n) is 13.1. The van der Waals surface area contributed by atoms with Crippen molar-refractivity contribution in [2.75, 3.05) is 14.2 Å². The van der Waals surface area contributed by atoms with Crippen molar-refractivity contribution in [1.29, 1.82) is 0 Å². The number of methoxy groups -OCH3 is 2. The third kappa shape index (κ3) is 7.36. The van der Waals surface area contributed by atoms with E-state index in [0.29, 0.717) is 16.3 Å². The summed E-state index contributed by atoms with van der Waals surface area (Å²) >= 11 is 0. The van der Waals surface area contributed by atoms with Crippen molar-refractivity contribution >= 4 is 29.8 Å². The largest absolute Gasteiger partial charge is 0.496 e. The van der Waals surface area contributed by atoms with Gasteiger partial charge in [-0.25, -0.2) is 19.4 Å². The predicted octanol–water partition coefficient (Wildman–Crippen LogP) is 4.13. The maximum Gasteiger partial charge on any atom is 0.440 e. The molecular formula is C30H34N4O9. The van der Waals surface area contributed by atoms with Gasteiger partial charge in [-0.3, -0.25) is 14.7 Å². The maximum absolute atomic E-state index is 14.2. The highest BCUT2D eigenvalue weighted by Crippen LogP contribution is 2.28. The molecule has 43 heavy (non-hydrogen) atoms. The Morgan fingerprint density at radius 2 is 1.53 bits per heavy atom. The normalized spacial score (nSPS) is 11.6. The van der Waals surface area contributed by atoms with E-state index in [0.717, 1.165) is 29.4 Å². The number of hydrogen-bond acceptors (Lipinski definition) is 10. The number of aromatic amines is 1. The zero-order chi connectivity index (χ0) is 32.1. The van der Waals surface area contributed by atoms with Crippen molar-refractivity contribution < 1.29 is 42.9 Å². The Labute approximate surface area is 248 Å². The molecule has 1 N–H and O–H groups in total. The minimum Gasteiger partial charge on any atom is -0.496 e. The SMILES string of the molecule is COC(=O)C(OC(=O)c1cn[nH]c1)OC(=O)N(C(=O)c1cccc(OC)c1C)N(C(=O)c1cc(C)cc(C)c1)C(C)(C)C. The number of nitrogens with zero attached hydrogens (tertiary/aromatic N) is 3. The topological polar surface area (TPSA) is 157 Å². The number of hydrazine groups is 1. The summed E-state index contributed by atoms with van der Waals surface area (Å²) in [6, 6.07) is 9.70. The lowest BCUT2D eigenvalue weighted by Gasteiger charge is -2.41. The predicted molar refractivity (Wildman–Crippen MR) is 152 cm³/mol. The van der Waals surface area contributed by atoms with Crippen molar-refractivity contribution in [3.05, 3.63) is 82.2 Å². The van der Waals surface area contributed by atoms with Gasteiger partial charge in [0.25, 0.3) is 11.8 Å². The van der Waals surface area contributed by atoms with E-state index in [1.54, 1.807) is 65.8 Å². The van der Waals surface area contributed by atoms with Crippen LogP contribution in [0, 0.1) is 20.8 Å². The van der Waals surface area contributed by atoms with Crippen molar-refractivity contribution in [3.8, 4) is 5.75 Å². The number of ether oxygens (including phenoxy) is 4. The fraction of sp³-hybridized carbons (Fsp3) is 0.333. The second-order valence-corrected chi connectivity index (χ2v) is 10.5. The van der Waals surface area contributed by atoms with E-state index in [1.807, 2.05) is 6.07 Å². The highest BCUT2D eigenvalue weighted by Gasteiger charge is 2.43. The third-order valence-electron chi connectivity index (χ3n) is 6.15. The van der Waals surface area contributed by atoms with Crippen molar-refractivity contribution in [2.45, 2.75) is 53.4 Å². The molecule has 0 aliphatic carbocycles. The fourth-order valence-corrected chi connectivity index (χ4v) is 4.24. The van der Waals surface area contributed by atoms with Gasteiger partial charge in [0.05, 0.1) is 31.5 Å². The van der Waals surface area contributed by atoms with E-state index in [2.05, 4.69) is 14.9 Å². The smallest absolute Gasteiger partial charge is 0.440 e. The van der Waals surface area contributed by atoms with Crippen LogP contribution in [0.3, 0.4) is 0 Å². The summed E-state index contributed by atoms with van der Waals surface area (Å²) in [6.07, 6.45) is -1.40. The molecule has 0 spiro atoms. The standard InChI is InChI=1S/C30H34N4O9/c1-17-12-18(2)14-20(13-17)24(35)34(30(4,5)6)33(25(36)22-10-9-11-23(40-7)19(22)3)29(39)43-28(27(38)41-8)42-26(37)21-15-31-32-16-21/h9-16,28H,1-8H3,(H,31,32). The van der Waals surface area contributed by atoms with Crippen LogP contribution in [0.15, 0.2) is 48.8 Å². The Balaban J connectivity index is 2.16. The van der Waals surface area contributed by atoms with E-state index in [-0.39, 0.29) is 16.7 Å². The minimum atomic E-state index is -2.24. The first kappa shape index (κ1) is 32.3. The number of nitrogens with one attached hydrogen (secondary N) is 1. The van der Waals surface area contributed by atoms with Gasteiger partial charge in [0.15, 0.2) is 0 Å². The number of benzene rings is 2. The van der Waals surface area contributed by atoms with Gasteiger partial charge in [-0.1, -0.05) is 23.3 Å². The number of hydrogen-bond donors (Lipinski definition) is 1. The number of imide groups is 1. The summed E-state index contributed by atoms with van der Waals surface area (Å²) in [4.78, 5) is 67.3. The molecule has 2 aromatic carbocycles. The van der Waals surface area contributed by atoms with Crippen molar-refractivity contribution in [3.63, 3.8) is 0 Å². The van der Waals surface area contributed by atoms with Crippen LogP contribution < -0.4 is 4.74 Å². The van der Waals surface area contributed by atoms with E-state index < -0.39 is 41.7 Å². The lowest BCUT2D eigenvalue weighted by Crippen LogP contribution is -2.61. The molecule has 3 rings (SSSR count). The lowest BCUT2D eigenvalue weighted by molar-refractivity contribution is -0.174. The molecule has 13 nitrogen and oxygen atoms in total. The van der Waals surface area contributed by atoms with Gasteiger partial charge in [0, 0.05) is 22.9 Å². The number of carbonyl (C=O) groups is 5. The van der Waals surface area contributed by atoms with E-state index >= 15 is 0 Å². The summed E-state index contributed by atoms with van der Waals surface area (Å²) < 4.78 is 20.4. The Kier molecular flexibility index (Phi) is 9.91. The molecule has 1 unspecified atom stereocenters. The van der Waals surface area contributed by atoms with Crippen LogP contribution in [0.5, 0.6) is 5.75 Å². The average Bonchev–Trinajstić information content (AvgIpc) is 3.48. The lowest BCUT2D eigenvalue weighted by atomic mass is 10.0. The van der Waals surface area contributed by atoms with E-state index in [1.165, 1.54) is 19.4 Å². The molecule has 0 aliphatic heterocycles. The molecule has 0 radical (unpaired) electrons. The highest BCUT2D eigenvalue weighted by atomic mass is 16.7. The van der Waals surface area contributed by atoms with Gasteiger partial charge >= 0.3 is 24.3 Å². The van der Waals surface area contributed by atoms with Crippen LogP contribution >= 0.6 is 0 Å². The number of amides is 3. The first-order chi connectivity index (χ1) is 20.2. The van der Waals surface area contributed by atoms with Gasteiger partial charge in [-0.05, 0) is 65.8 Å². The van der Waals surface area contributed by atoms with Crippen LogP contribution in [-0.4, -0.2) is 76.1 Å². The number of aromatic nitrogens is 2. The number of aryl methyl sites for hydroxylation is 2. The van der Waals surface area contributed by atoms with E-state index in [4.69, 9.17) is 14.2 Å². The van der Waals surface area contributed by atoms with Crippen LogP contribution in [-0.2, 0) is 19.0 Å². The van der Waals surface area contributed by atoms with Gasteiger partial charge in [0.2, 0.25) is 0 Å². The van der Waals surface area contributed by atoms with Crippen LogP contribution in [0.25, 0.3) is 0 Å². The summed E-state index contributed by atoms with van der Waals surface area (Å²) in [6.45, 7) is 10.0. The Hall–Kier alpha value is -5.20. The number of H-pyrrole nitrogens is 1. The summed E-state index contributed by atoms with van der Waals surface area (Å²) in [5.74, 6) is -3.66. The van der Waals surface area contributed by atoms with E-state index in [9.17, 15) is 24.0 Å². The molecule has 3 amide bonds. The number of rotatable bonds is 7. The summed E-state index contributed by atoms with van der Waals surface area (Å²) in [5, 5.41) is 7.46. The Morgan fingerprint density at radius 3 is 2.07 bits per heavy atom. The zero-order valence-corrected chi connectivity index (χ0v) is 25.2. The van der Waals surface area contributed by atoms with Gasteiger partial charge in [0.1, 0.15) is 5.75 Å². The summed E-state index contributed by atoms with van der Waals surface area (Å²) in [5.41, 5.74) is 0.837. The molecule has 228 valence electrons. The fourth-order valence-electron chi connectivity index (χ4n) is 4.24. The quantitative estimate of drug-likeness (QED) is 0.240. The molecular weight excluding hydrogens is 560 g/mol. The molecule has 0 bridgehead atoms. The van der Waals surface area contributed by atoms with Gasteiger partial charge < -0.3 is 18.9 Å². The molecule has 0 saturated heterocycles. The highest BCUT2D eigenvalue weighted by molar-refractivity contribution is 6.07. The first-order valence-corrected chi connectivity index (χ1v) is 13.1. The second kappa shape index (κ2) is 13.2. The van der Waals surface area contributed by atoms with Gasteiger partial charge in [-0.2, -0.15) is 5.10 Å². The van der Waals surface area contributed by atoms with Crippen molar-refractivity contribution in [1.82, 2.24) is 20.2 Å². The van der Waals surface area contributed by atoms with Crippen LogP contribution in [0.2, 0.25) is 0 Å². The Bertz CT molecular complexity index is 1510. The summed E-state index contributed by atoms with van der Waals surface area (Å²) in [7, 11) is 2.41. The zero-order valence-electron chi connectivity index (χ0n) is 25.2. The second-order valence-electron chi connectivity index (χ2n) is 10.5. The number of carbonyl (C=O) groups excluding carboxylic acids is 5. The molecule has 1 heterocycles. The molecule has 0 fully saturated rings. The van der Waals surface area contributed by atoms with Gasteiger partial charge in [-0.15, -0.1) is 5.01 Å². The molecule has 3 aromatic rings. The molecule has 1 atom stereocenters. The maximum atomic E-state index is 14.2. The monoisotopic (exact) mass is 594 g/mol. The Morgan fingerprint density at radius 1 is 0.884 bits per heavy atom. The molecule has 0 aliphatic rings. The van der Waals surface area contributed by atoms with Crippen LogP contribution in [0.4, 0.5) is 4.79 Å². The number of esters is 2. The van der Waals surface area contributed by atoms with Crippen LogP contribution in [0.1, 0.15) is 68.5 Å². The third-order valence-corrected chi connectivity index (χ3v) is 6.15. The minimum absolute atomic E-state index is 0.00350.